The van der Waals surface area contributed by atoms with E-state index in [2.05, 4.69) is 17.1 Å². The minimum atomic E-state index is -0.0649. The first-order valence-electron chi connectivity index (χ1n) is 5.49. The fraction of sp³-hybridized carbons (Fsp3) is 0.333. The van der Waals surface area contributed by atoms with Crippen molar-refractivity contribution in [3.63, 3.8) is 0 Å². The lowest BCUT2D eigenvalue weighted by Gasteiger charge is -2.08. The Bertz CT molecular complexity index is 423. The van der Waals surface area contributed by atoms with E-state index >= 15 is 0 Å². The van der Waals surface area contributed by atoms with Gasteiger partial charge in [0.15, 0.2) is 0 Å². The molecule has 5 heteroatoms. The molecule has 0 saturated heterocycles. The van der Waals surface area contributed by atoms with Crippen LogP contribution in [0.5, 0.6) is 5.75 Å². The predicted octanol–water partition coefficient (Wildman–Crippen LogP) is 1.39. The van der Waals surface area contributed by atoms with Crippen LogP contribution in [0.1, 0.15) is 24.5 Å². The van der Waals surface area contributed by atoms with Crippen LogP contribution in [0.3, 0.4) is 0 Å². The Morgan fingerprint density at radius 1 is 1.41 bits per heavy atom. The Kier molecular flexibility index (Phi) is 5.00. The minimum Gasteiger partial charge on any atom is -0.493 e. The van der Waals surface area contributed by atoms with Crippen molar-refractivity contribution in [3.05, 3.63) is 29.3 Å². The van der Waals surface area contributed by atoms with Crippen molar-refractivity contribution in [2.75, 3.05) is 6.61 Å². The maximum atomic E-state index is 5.60. The highest BCUT2D eigenvalue weighted by atomic mass is 16.5. The number of rotatable bonds is 5. The van der Waals surface area contributed by atoms with E-state index in [9.17, 15) is 0 Å². The minimum absolute atomic E-state index is 0.0649. The highest BCUT2D eigenvalue weighted by Gasteiger charge is 2.01. The average molecular weight is 234 g/mol. The third-order valence-electron chi connectivity index (χ3n) is 2.00. The summed E-state index contributed by atoms with van der Waals surface area (Å²) in [4.78, 5) is 0. The first-order chi connectivity index (χ1) is 8.13. The van der Waals surface area contributed by atoms with Crippen LogP contribution in [0.25, 0.3) is 0 Å². The molecule has 0 radical (unpaired) electrons. The van der Waals surface area contributed by atoms with Gasteiger partial charge in [-0.3, -0.25) is 0 Å². The van der Waals surface area contributed by atoms with Crippen molar-refractivity contribution in [1.29, 1.82) is 0 Å². The molecule has 17 heavy (non-hydrogen) atoms. The number of hydrogen-bond donors (Lipinski definition) is 2. The van der Waals surface area contributed by atoms with Crippen molar-refractivity contribution in [1.82, 2.24) is 0 Å². The molecule has 0 aliphatic carbocycles. The van der Waals surface area contributed by atoms with Gasteiger partial charge in [-0.2, -0.15) is 5.10 Å². The van der Waals surface area contributed by atoms with E-state index in [0.29, 0.717) is 6.61 Å². The van der Waals surface area contributed by atoms with E-state index in [1.165, 1.54) is 0 Å². The summed E-state index contributed by atoms with van der Waals surface area (Å²) >= 11 is 0. The maximum absolute atomic E-state index is 5.60. The lowest BCUT2D eigenvalue weighted by Crippen LogP contribution is -2.21. The molecule has 0 aliphatic heterocycles. The molecule has 0 unspecified atom stereocenters. The van der Waals surface area contributed by atoms with Crippen molar-refractivity contribution >= 4 is 12.2 Å². The van der Waals surface area contributed by atoms with Crippen LogP contribution >= 0.6 is 0 Å². The molecule has 0 spiro atoms. The molecule has 0 fully saturated rings. The fourth-order valence-corrected chi connectivity index (χ4v) is 1.27. The summed E-state index contributed by atoms with van der Waals surface area (Å²) in [6.45, 7) is 4.73. The third kappa shape index (κ3) is 4.55. The Labute approximate surface area is 101 Å². The number of guanidine groups is 1. The van der Waals surface area contributed by atoms with Crippen molar-refractivity contribution in [3.8, 4) is 5.75 Å². The van der Waals surface area contributed by atoms with Gasteiger partial charge in [0.05, 0.1) is 12.8 Å². The molecule has 1 aromatic rings. The molecule has 0 atom stereocenters. The summed E-state index contributed by atoms with van der Waals surface area (Å²) in [5.41, 5.74) is 12.4. The van der Waals surface area contributed by atoms with Crippen LogP contribution in [-0.2, 0) is 0 Å². The number of ether oxygens (including phenoxy) is 1. The first kappa shape index (κ1) is 13.0. The van der Waals surface area contributed by atoms with E-state index in [0.717, 1.165) is 23.3 Å². The predicted molar refractivity (Wildman–Crippen MR) is 70.4 cm³/mol. The summed E-state index contributed by atoms with van der Waals surface area (Å²) in [5, 5.41) is 7.34. The van der Waals surface area contributed by atoms with Crippen LogP contribution in [0.4, 0.5) is 0 Å². The molecule has 0 saturated carbocycles. The second kappa shape index (κ2) is 6.52. The zero-order valence-electron chi connectivity index (χ0n) is 10.2. The highest BCUT2D eigenvalue weighted by molar-refractivity contribution is 5.84. The zero-order valence-corrected chi connectivity index (χ0v) is 10.2. The monoisotopic (exact) mass is 234 g/mol. The van der Waals surface area contributed by atoms with Crippen LogP contribution in [0.15, 0.2) is 28.4 Å². The summed E-state index contributed by atoms with van der Waals surface area (Å²) in [7, 11) is 0. The van der Waals surface area contributed by atoms with E-state index in [4.69, 9.17) is 16.2 Å². The molecule has 1 rings (SSSR count). The molecule has 0 aliphatic rings. The van der Waals surface area contributed by atoms with Gasteiger partial charge in [-0.1, -0.05) is 18.6 Å². The lowest BCUT2D eigenvalue weighted by molar-refractivity contribution is 0.317. The number of nitrogens with two attached hydrogens (primary N) is 2. The molecule has 0 aromatic heterocycles. The fourth-order valence-electron chi connectivity index (χ4n) is 1.27. The summed E-state index contributed by atoms with van der Waals surface area (Å²) in [6, 6.07) is 5.88. The Morgan fingerprint density at radius 3 is 2.82 bits per heavy atom. The van der Waals surface area contributed by atoms with Crippen LogP contribution in [-0.4, -0.2) is 18.8 Å². The number of aryl methyl sites for hydroxylation is 1. The molecule has 4 N–H and O–H groups in total. The van der Waals surface area contributed by atoms with E-state index in [1.54, 1.807) is 6.21 Å². The van der Waals surface area contributed by atoms with Crippen molar-refractivity contribution < 1.29 is 4.74 Å². The van der Waals surface area contributed by atoms with Crippen molar-refractivity contribution in [2.24, 2.45) is 21.7 Å². The molecule has 0 amide bonds. The normalized spacial score (nSPS) is 10.5. The average Bonchev–Trinajstić information content (AvgIpc) is 2.27. The third-order valence-corrected chi connectivity index (χ3v) is 2.00. The SMILES string of the molecule is CCCOc1ccc(C)cc1C=NN=C(N)N. The number of benzene rings is 1. The molecular formula is C12H18N4O. The van der Waals surface area contributed by atoms with E-state index < -0.39 is 0 Å². The smallest absolute Gasteiger partial charge is 0.211 e. The van der Waals surface area contributed by atoms with Gasteiger partial charge < -0.3 is 16.2 Å². The molecule has 1 aromatic carbocycles. The van der Waals surface area contributed by atoms with Gasteiger partial charge in [0, 0.05) is 5.56 Å². The van der Waals surface area contributed by atoms with E-state index in [1.807, 2.05) is 25.1 Å². The largest absolute Gasteiger partial charge is 0.493 e. The van der Waals surface area contributed by atoms with E-state index in [-0.39, 0.29) is 5.96 Å². The van der Waals surface area contributed by atoms with Gasteiger partial charge in [-0.05, 0) is 25.5 Å². The van der Waals surface area contributed by atoms with Gasteiger partial charge in [-0.15, -0.1) is 5.10 Å². The quantitative estimate of drug-likeness (QED) is 0.458. The first-order valence-corrected chi connectivity index (χ1v) is 5.49. The number of hydrogen-bond acceptors (Lipinski definition) is 3. The van der Waals surface area contributed by atoms with Crippen LogP contribution in [0.2, 0.25) is 0 Å². The Balaban J connectivity index is 2.90. The standard InChI is InChI=1S/C12H18N4O/c1-3-6-17-11-5-4-9(2)7-10(11)8-15-16-12(13)14/h4-5,7-8H,3,6H2,1-2H3,(H4,13,14,16). The molecule has 92 valence electrons. The van der Waals surface area contributed by atoms with Crippen LogP contribution in [0, 0.1) is 6.92 Å². The second-order valence-corrected chi connectivity index (χ2v) is 3.66. The molecular weight excluding hydrogens is 216 g/mol. The number of nitrogens with zero attached hydrogens (tertiary/aromatic N) is 2. The summed E-state index contributed by atoms with van der Waals surface area (Å²) in [5.74, 6) is 0.719. The Hall–Kier alpha value is -2.04. The molecule has 0 bridgehead atoms. The van der Waals surface area contributed by atoms with Gasteiger partial charge >= 0.3 is 0 Å². The summed E-state index contributed by atoms with van der Waals surface area (Å²) in [6.07, 6.45) is 2.54. The molecule has 5 nitrogen and oxygen atoms in total. The zero-order chi connectivity index (χ0) is 12.7. The summed E-state index contributed by atoms with van der Waals surface area (Å²) < 4.78 is 5.60. The second-order valence-electron chi connectivity index (χ2n) is 3.66. The maximum Gasteiger partial charge on any atom is 0.211 e. The van der Waals surface area contributed by atoms with Crippen LogP contribution < -0.4 is 16.2 Å². The van der Waals surface area contributed by atoms with Crippen molar-refractivity contribution in [2.45, 2.75) is 20.3 Å². The lowest BCUT2D eigenvalue weighted by atomic mass is 10.1. The van der Waals surface area contributed by atoms with Gasteiger partial charge in [0.25, 0.3) is 0 Å². The van der Waals surface area contributed by atoms with Gasteiger partial charge in [0.1, 0.15) is 5.75 Å². The topological polar surface area (TPSA) is 86.0 Å². The molecule has 0 heterocycles. The highest BCUT2D eigenvalue weighted by Crippen LogP contribution is 2.18. The Morgan fingerprint density at radius 2 is 2.18 bits per heavy atom. The van der Waals surface area contributed by atoms with Gasteiger partial charge in [0.2, 0.25) is 5.96 Å². The van der Waals surface area contributed by atoms with Gasteiger partial charge in [-0.25, -0.2) is 0 Å².